The Morgan fingerprint density at radius 3 is 2.69 bits per heavy atom. The molecule has 0 saturated carbocycles. The van der Waals surface area contributed by atoms with Gasteiger partial charge in [0.2, 0.25) is 5.82 Å². The summed E-state index contributed by atoms with van der Waals surface area (Å²) in [5.74, 6) is -2.35. The Bertz CT molecular complexity index is 377. The fourth-order valence-electron chi connectivity index (χ4n) is 0.671. The fourth-order valence-corrected chi connectivity index (χ4v) is 0.671. The van der Waals surface area contributed by atoms with E-state index in [0.717, 1.165) is 0 Å². The number of hydrogen-bond donors (Lipinski definition) is 2. The average molecular weight is 185 g/mol. The summed E-state index contributed by atoms with van der Waals surface area (Å²) in [6.45, 7) is 1.66. The van der Waals surface area contributed by atoms with Crippen LogP contribution < -0.4 is 5.69 Å². The predicted molar refractivity (Wildman–Crippen MR) is 40.2 cm³/mol. The SMILES string of the molecule is CCOC(=O)C(=O)c1n[nH]c(=O)[nH]1. The third-order valence-corrected chi connectivity index (χ3v) is 1.18. The van der Waals surface area contributed by atoms with Crippen molar-refractivity contribution in [1.29, 1.82) is 0 Å². The molecule has 2 N–H and O–H groups in total. The lowest BCUT2D eigenvalue weighted by Gasteiger charge is -1.95. The number of H-pyrrole nitrogens is 2. The lowest BCUT2D eigenvalue weighted by atomic mass is 10.4. The third kappa shape index (κ3) is 2.01. The maximum Gasteiger partial charge on any atom is 0.383 e. The lowest BCUT2D eigenvalue weighted by Crippen LogP contribution is -2.19. The molecular weight excluding hydrogens is 178 g/mol. The van der Waals surface area contributed by atoms with Gasteiger partial charge in [-0.25, -0.2) is 14.7 Å². The number of nitrogens with one attached hydrogen (secondary N) is 2. The van der Waals surface area contributed by atoms with Gasteiger partial charge >= 0.3 is 17.4 Å². The number of ether oxygens (including phenoxy) is 1. The molecule has 0 aliphatic heterocycles. The maximum absolute atomic E-state index is 11.0. The standard InChI is InChI=1S/C6H7N3O4/c1-2-13-5(11)3(10)4-7-6(12)9-8-4/h2H2,1H3,(H2,7,8,9,12). The number of hydrogen-bond acceptors (Lipinski definition) is 5. The third-order valence-electron chi connectivity index (χ3n) is 1.18. The van der Waals surface area contributed by atoms with E-state index in [9.17, 15) is 14.4 Å². The van der Waals surface area contributed by atoms with Gasteiger partial charge in [-0.1, -0.05) is 0 Å². The van der Waals surface area contributed by atoms with E-state index in [1.165, 1.54) is 0 Å². The van der Waals surface area contributed by atoms with Crippen LogP contribution in [0.4, 0.5) is 0 Å². The zero-order valence-electron chi connectivity index (χ0n) is 6.79. The number of aromatic nitrogens is 3. The van der Waals surface area contributed by atoms with Crippen molar-refractivity contribution in [2.24, 2.45) is 0 Å². The minimum Gasteiger partial charge on any atom is -0.460 e. The van der Waals surface area contributed by atoms with Crippen LogP contribution in [0.1, 0.15) is 17.5 Å². The Hall–Kier alpha value is -1.92. The second kappa shape index (κ2) is 3.65. The summed E-state index contributed by atoms with van der Waals surface area (Å²) in [6.07, 6.45) is 0. The molecule has 1 aromatic heterocycles. The van der Waals surface area contributed by atoms with E-state index in [2.05, 4.69) is 9.84 Å². The van der Waals surface area contributed by atoms with Gasteiger partial charge in [0, 0.05) is 0 Å². The predicted octanol–water partition coefficient (Wildman–Crippen LogP) is -1.16. The molecule has 0 aliphatic rings. The first kappa shape index (κ1) is 9.17. The number of esters is 1. The van der Waals surface area contributed by atoms with Crippen LogP contribution in [0.2, 0.25) is 0 Å². The molecule has 1 rings (SSSR count). The molecule has 70 valence electrons. The molecule has 7 heteroatoms. The highest BCUT2D eigenvalue weighted by molar-refractivity contribution is 6.39. The normalized spacial score (nSPS) is 9.62. The van der Waals surface area contributed by atoms with Crippen molar-refractivity contribution >= 4 is 11.8 Å². The molecule has 1 heterocycles. The number of carbonyl (C=O) groups excluding carboxylic acids is 2. The molecule has 13 heavy (non-hydrogen) atoms. The van der Waals surface area contributed by atoms with E-state index in [4.69, 9.17) is 0 Å². The van der Waals surface area contributed by atoms with Gasteiger partial charge in [0.25, 0.3) is 0 Å². The Morgan fingerprint density at radius 2 is 2.23 bits per heavy atom. The van der Waals surface area contributed by atoms with Gasteiger partial charge in [0.05, 0.1) is 6.61 Å². The molecule has 1 aromatic rings. The highest BCUT2D eigenvalue weighted by Crippen LogP contribution is 1.89. The summed E-state index contributed by atoms with van der Waals surface area (Å²) in [6, 6.07) is 0. The van der Waals surface area contributed by atoms with E-state index >= 15 is 0 Å². The van der Waals surface area contributed by atoms with Crippen LogP contribution in [0, 0.1) is 0 Å². The molecular formula is C6H7N3O4. The number of Topliss-reactive ketones (excluding diaryl/α,β-unsaturated/α-hetero) is 1. The number of nitrogens with zero attached hydrogens (tertiary/aromatic N) is 1. The lowest BCUT2D eigenvalue weighted by molar-refractivity contribution is -0.137. The number of ketones is 1. The first-order valence-corrected chi connectivity index (χ1v) is 3.51. The quantitative estimate of drug-likeness (QED) is 0.351. The van der Waals surface area contributed by atoms with Crippen LogP contribution in [0.5, 0.6) is 0 Å². The van der Waals surface area contributed by atoms with Crippen LogP contribution in [0.3, 0.4) is 0 Å². The second-order valence-corrected chi connectivity index (χ2v) is 2.08. The van der Waals surface area contributed by atoms with E-state index in [0.29, 0.717) is 0 Å². The molecule has 0 bridgehead atoms. The molecule has 0 aliphatic carbocycles. The summed E-state index contributed by atoms with van der Waals surface area (Å²) in [5.41, 5.74) is -0.646. The monoisotopic (exact) mass is 185 g/mol. The van der Waals surface area contributed by atoms with Crippen LogP contribution in [-0.4, -0.2) is 33.5 Å². The molecule has 0 fully saturated rings. The van der Waals surface area contributed by atoms with E-state index in [-0.39, 0.29) is 12.4 Å². The molecule has 0 amide bonds. The Labute approximate surface area is 72.1 Å². The zero-order valence-corrected chi connectivity index (χ0v) is 6.79. The van der Waals surface area contributed by atoms with E-state index in [1.807, 2.05) is 10.1 Å². The van der Waals surface area contributed by atoms with Gasteiger partial charge in [-0.05, 0) is 6.92 Å². The Balaban J connectivity index is 2.79. The van der Waals surface area contributed by atoms with Crippen molar-refractivity contribution < 1.29 is 14.3 Å². The highest BCUT2D eigenvalue weighted by Gasteiger charge is 2.20. The molecule has 7 nitrogen and oxygen atoms in total. The fraction of sp³-hybridized carbons (Fsp3) is 0.333. The van der Waals surface area contributed by atoms with Gasteiger partial charge in [-0.3, -0.25) is 9.78 Å². The topological polar surface area (TPSA) is 105 Å². The zero-order chi connectivity index (χ0) is 9.84. The molecule has 0 unspecified atom stereocenters. The van der Waals surface area contributed by atoms with Gasteiger partial charge in [-0.2, -0.15) is 0 Å². The van der Waals surface area contributed by atoms with E-state index in [1.54, 1.807) is 6.92 Å². The molecule has 0 atom stereocenters. The minimum absolute atomic E-state index is 0.0965. The van der Waals surface area contributed by atoms with Crippen LogP contribution in [0.15, 0.2) is 4.79 Å². The van der Waals surface area contributed by atoms with Gasteiger partial charge in [0.1, 0.15) is 0 Å². The smallest absolute Gasteiger partial charge is 0.383 e. The molecule has 0 saturated heterocycles. The summed E-state index contributed by atoms with van der Waals surface area (Å²) in [7, 11) is 0. The number of aromatic amines is 2. The first-order chi connectivity index (χ1) is 6.15. The van der Waals surface area contributed by atoms with Crippen molar-refractivity contribution in [3.05, 3.63) is 16.3 Å². The van der Waals surface area contributed by atoms with Gasteiger partial charge < -0.3 is 4.74 Å². The number of carbonyl (C=O) groups is 2. The summed E-state index contributed by atoms with van der Waals surface area (Å²) in [5, 5.41) is 5.23. The van der Waals surface area contributed by atoms with Crippen LogP contribution in [-0.2, 0) is 9.53 Å². The first-order valence-electron chi connectivity index (χ1n) is 3.51. The van der Waals surface area contributed by atoms with Crippen molar-refractivity contribution in [3.63, 3.8) is 0 Å². The van der Waals surface area contributed by atoms with Crippen molar-refractivity contribution in [3.8, 4) is 0 Å². The summed E-state index contributed by atoms with van der Waals surface area (Å²) < 4.78 is 4.40. The van der Waals surface area contributed by atoms with Gasteiger partial charge in [-0.15, -0.1) is 5.10 Å². The largest absolute Gasteiger partial charge is 0.460 e. The highest BCUT2D eigenvalue weighted by atomic mass is 16.5. The van der Waals surface area contributed by atoms with Crippen molar-refractivity contribution in [2.45, 2.75) is 6.92 Å². The van der Waals surface area contributed by atoms with Crippen LogP contribution in [0.25, 0.3) is 0 Å². The van der Waals surface area contributed by atoms with E-state index < -0.39 is 17.4 Å². The minimum atomic E-state index is -1.04. The van der Waals surface area contributed by atoms with Crippen molar-refractivity contribution in [1.82, 2.24) is 15.2 Å². The number of rotatable bonds is 3. The Kier molecular flexibility index (Phi) is 2.58. The Morgan fingerprint density at radius 1 is 1.54 bits per heavy atom. The van der Waals surface area contributed by atoms with Gasteiger partial charge in [0.15, 0.2) is 0 Å². The molecule has 0 aromatic carbocycles. The maximum atomic E-state index is 11.0. The second-order valence-electron chi connectivity index (χ2n) is 2.08. The molecule has 0 spiro atoms. The average Bonchev–Trinajstić information content (AvgIpc) is 2.51. The molecule has 0 radical (unpaired) electrons. The van der Waals surface area contributed by atoms with Crippen molar-refractivity contribution in [2.75, 3.05) is 6.61 Å². The summed E-state index contributed by atoms with van der Waals surface area (Å²) >= 11 is 0. The summed E-state index contributed by atoms with van der Waals surface area (Å²) in [4.78, 5) is 34.4. The van der Waals surface area contributed by atoms with Crippen LogP contribution >= 0.6 is 0 Å².